The quantitative estimate of drug-likeness (QED) is 0.779. The fourth-order valence-electron chi connectivity index (χ4n) is 3.05. The van der Waals surface area contributed by atoms with Gasteiger partial charge >= 0.3 is 0 Å². The number of aromatic nitrogens is 1. The standard InChI is InChI=1S/C17H30N2O2/c1-7-10-17(6,11-8-2)13(5)18-16(20)15-12(4)14(9-3)21-19-15/h13H,7-11H2,1-6H3,(H,18,20). The molecule has 0 aromatic carbocycles. The molecule has 1 atom stereocenters. The van der Waals surface area contributed by atoms with E-state index in [4.69, 9.17) is 4.52 Å². The number of amides is 1. The summed E-state index contributed by atoms with van der Waals surface area (Å²) in [5.74, 6) is 0.666. The van der Waals surface area contributed by atoms with Crippen molar-refractivity contribution in [3.8, 4) is 0 Å². The number of nitrogens with one attached hydrogen (secondary N) is 1. The molecule has 1 N–H and O–H groups in total. The Kier molecular flexibility index (Phi) is 6.43. The zero-order valence-electron chi connectivity index (χ0n) is 14.4. The molecule has 4 nitrogen and oxygen atoms in total. The minimum Gasteiger partial charge on any atom is -0.360 e. The summed E-state index contributed by atoms with van der Waals surface area (Å²) in [5, 5.41) is 7.05. The number of rotatable bonds is 8. The maximum atomic E-state index is 12.4. The third-order valence-electron chi connectivity index (χ3n) is 4.59. The first-order chi connectivity index (χ1) is 9.89. The molecule has 21 heavy (non-hydrogen) atoms. The van der Waals surface area contributed by atoms with Crippen molar-refractivity contribution in [2.45, 2.75) is 79.7 Å². The van der Waals surface area contributed by atoms with Gasteiger partial charge in [0.25, 0.3) is 5.91 Å². The lowest BCUT2D eigenvalue weighted by Gasteiger charge is -2.36. The van der Waals surface area contributed by atoms with E-state index in [9.17, 15) is 4.79 Å². The normalized spacial score (nSPS) is 13.2. The van der Waals surface area contributed by atoms with Gasteiger partial charge in [0.05, 0.1) is 0 Å². The number of carbonyl (C=O) groups is 1. The highest BCUT2D eigenvalue weighted by molar-refractivity contribution is 5.93. The topological polar surface area (TPSA) is 55.1 Å². The lowest BCUT2D eigenvalue weighted by atomic mass is 9.75. The summed E-state index contributed by atoms with van der Waals surface area (Å²) in [4.78, 5) is 12.4. The number of aryl methyl sites for hydroxylation is 1. The van der Waals surface area contributed by atoms with E-state index in [1.807, 2.05) is 13.8 Å². The Labute approximate surface area is 128 Å². The summed E-state index contributed by atoms with van der Waals surface area (Å²) in [6, 6.07) is 0.117. The van der Waals surface area contributed by atoms with Crippen LogP contribution in [0.3, 0.4) is 0 Å². The number of hydrogen-bond acceptors (Lipinski definition) is 3. The van der Waals surface area contributed by atoms with Crippen molar-refractivity contribution in [3.63, 3.8) is 0 Å². The second-order valence-corrected chi connectivity index (χ2v) is 6.28. The zero-order chi connectivity index (χ0) is 16.0. The van der Waals surface area contributed by atoms with Gasteiger partial charge in [-0.15, -0.1) is 0 Å². The third-order valence-corrected chi connectivity index (χ3v) is 4.59. The third kappa shape index (κ3) is 4.08. The van der Waals surface area contributed by atoms with Gasteiger partial charge < -0.3 is 9.84 Å². The van der Waals surface area contributed by atoms with Crippen molar-refractivity contribution < 1.29 is 9.32 Å². The molecule has 1 heterocycles. The largest absolute Gasteiger partial charge is 0.360 e. The molecule has 0 saturated heterocycles. The van der Waals surface area contributed by atoms with E-state index < -0.39 is 0 Å². The summed E-state index contributed by atoms with van der Waals surface area (Å²) < 4.78 is 5.22. The van der Waals surface area contributed by atoms with E-state index in [2.05, 4.69) is 38.2 Å². The summed E-state index contributed by atoms with van der Waals surface area (Å²) in [6.07, 6.45) is 5.23. The van der Waals surface area contributed by atoms with Crippen LogP contribution >= 0.6 is 0 Å². The Morgan fingerprint density at radius 1 is 1.29 bits per heavy atom. The van der Waals surface area contributed by atoms with Gasteiger partial charge in [-0.25, -0.2) is 0 Å². The monoisotopic (exact) mass is 294 g/mol. The predicted molar refractivity (Wildman–Crippen MR) is 85.5 cm³/mol. The molecule has 1 aromatic rings. The van der Waals surface area contributed by atoms with Crippen molar-refractivity contribution >= 4 is 5.91 Å². The van der Waals surface area contributed by atoms with Gasteiger partial charge in [0.2, 0.25) is 0 Å². The van der Waals surface area contributed by atoms with Gasteiger partial charge in [-0.3, -0.25) is 4.79 Å². The maximum absolute atomic E-state index is 12.4. The first-order valence-corrected chi connectivity index (χ1v) is 8.15. The zero-order valence-corrected chi connectivity index (χ0v) is 14.4. The number of hydrogen-bond donors (Lipinski definition) is 1. The Hall–Kier alpha value is -1.32. The van der Waals surface area contributed by atoms with E-state index in [0.29, 0.717) is 5.69 Å². The number of nitrogens with zero attached hydrogens (tertiary/aromatic N) is 1. The summed E-state index contributed by atoms with van der Waals surface area (Å²) in [7, 11) is 0. The van der Waals surface area contributed by atoms with E-state index in [1.54, 1.807) is 0 Å². The van der Waals surface area contributed by atoms with Crippen molar-refractivity contribution in [1.29, 1.82) is 0 Å². The molecule has 1 aromatic heterocycles. The smallest absolute Gasteiger partial charge is 0.273 e. The first kappa shape index (κ1) is 17.7. The molecule has 0 aliphatic carbocycles. The molecule has 0 fully saturated rings. The van der Waals surface area contributed by atoms with Crippen LogP contribution in [-0.2, 0) is 6.42 Å². The van der Waals surface area contributed by atoms with Crippen LogP contribution in [-0.4, -0.2) is 17.1 Å². The average Bonchev–Trinajstić information content (AvgIpc) is 2.80. The molecule has 1 unspecified atom stereocenters. The second-order valence-electron chi connectivity index (χ2n) is 6.28. The molecule has 4 heteroatoms. The lowest BCUT2D eigenvalue weighted by Crippen LogP contribution is -2.44. The molecule has 1 amide bonds. The fourth-order valence-corrected chi connectivity index (χ4v) is 3.05. The Balaban J connectivity index is 2.82. The van der Waals surface area contributed by atoms with Crippen LogP contribution in [0.2, 0.25) is 0 Å². The van der Waals surface area contributed by atoms with E-state index in [-0.39, 0.29) is 17.4 Å². The van der Waals surface area contributed by atoms with Crippen LogP contribution in [0.5, 0.6) is 0 Å². The van der Waals surface area contributed by atoms with E-state index in [1.165, 1.54) is 0 Å². The Bertz CT molecular complexity index is 459. The first-order valence-electron chi connectivity index (χ1n) is 8.15. The lowest BCUT2D eigenvalue weighted by molar-refractivity contribution is 0.0870. The highest BCUT2D eigenvalue weighted by atomic mass is 16.5. The Morgan fingerprint density at radius 2 is 1.86 bits per heavy atom. The van der Waals surface area contributed by atoms with E-state index >= 15 is 0 Å². The van der Waals surface area contributed by atoms with Crippen molar-refractivity contribution in [1.82, 2.24) is 10.5 Å². The summed E-state index contributed by atoms with van der Waals surface area (Å²) in [6.45, 7) is 12.6. The highest BCUT2D eigenvalue weighted by Crippen LogP contribution is 2.33. The van der Waals surface area contributed by atoms with E-state index in [0.717, 1.165) is 43.4 Å². The molecule has 0 bridgehead atoms. The SMILES string of the molecule is CCCC(C)(CCC)C(C)NC(=O)c1noc(CC)c1C. The molecular formula is C17H30N2O2. The molecule has 0 spiro atoms. The number of carbonyl (C=O) groups excluding carboxylic acids is 1. The maximum Gasteiger partial charge on any atom is 0.273 e. The van der Waals surface area contributed by atoms with Gasteiger partial charge in [0, 0.05) is 18.0 Å². The average molecular weight is 294 g/mol. The van der Waals surface area contributed by atoms with Crippen LogP contribution in [0.15, 0.2) is 4.52 Å². The van der Waals surface area contributed by atoms with Crippen LogP contribution < -0.4 is 5.32 Å². The Morgan fingerprint density at radius 3 is 2.29 bits per heavy atom. The molecule has 1 rings (SSSR count). The highest BCUT2D eigenvalue weighted by Gasteiger charge is 2.31. The predicted octanol–water partition coefficient (Wildman–Crippen LogP) is 4.27. The van der Waals surface area contributed by atoms with Gasteiger partial charge in [-0.2, -0.15) is 0 Å². The summed E-state index contributed by atoms with van der Waals surface area (Å²) >= 11 is 0. The van der Waals surface area contributed by atoms with Crippen LogP contribution in [0.1, 0.15) is 82.1 Å². The molecular weight excluding hydrogens is 264 g/mol. The molecule has 0 aliphatic rings. The molecule has 120 valence electrons. The minimum absolute atomic E-state index is 0.117. The van der Waals surface area contributed by atoms with Gasteiger partial charge in [-0.05, 0) is 32.1 Å². The van der Waals surface area contributed by atoms with Crippen LogP contribution in [0.25, 0.3) is 0 Å². The van der Waals surface area contributed by atoms with Crippen molar-refractivity contribution in [2.75, 3.05) is 0 Å². The van der Waals surface area contributed by atoms with Crippen LogP contribution in [0, 0.1) is 12.3 Å². The van der Waals surface area contributed by atoms with Gasteiger partial charge in [-0.1, -0.05) is 45.7 Å². The van der Waals surface area contributed by atoms with Gasteiger partial charge in [0.15, 0.2) is 5.69 Å². The molecule has 0 aliphatic heterocycles. The van der Waals surface area contributed by atoms with Crippen molar-refractivity contribution in [3.05, 3.63) is 17.0 Å². The van der Waals surface area contributed by atoms with Gasteiger partial charge in [0.1, 0.15) is 5.76 Å². The summed E-state index contributed by atoms with van der Waals surface area (Å²) in [5.41, 5.74) is 1.41. The minimum atomic E-state index is -0.123. The van der Waals surface area contributed by atoms with Crippen molar-refractivity contribution in [2.24, 2.45) is 5.41 Å². The van der Waals surface area contributed by atoms with Crippen LogP contribution in [0.4, 0.5) is 0 Å². The molecule has 0 radical (unpaired) electrons. The molecule has 0 saturated carbocycles. The fraction of sp³-hybridized carbons (Fsp3) is 0.765. The second kappa shape index (κ2) is 7.62.